The smallest absolute Gasteiger partial charge is 0.227 e. The minimum Gasteiger partial charge on any atom is -0.439 e. The van der Waals surface area contributed by atoms with E-state index in [-0.39, 0.29) is 11.9 Å². The molecule has 34 heavy (non-hydrogen) atoms. The number of rotatable bonds is 11. The summed E-state index contributed by atoms with van der Waals surface area (Å²) in [7, 11) is 0. The number of benzene rings is 2. The van der Waals surface area contributed by atoms with Gasteiger partial charge in [-0.1, -0.05) is 32.0 Å². The number of para-hydroxylation sites is 1. The van der Waals surface area contributed by atoms with Gasteiger partial charge in [-0.05, 0) is 62.1 Å². The summed E-state index contributed by atoms with van der Waals surface area (Å²) in [6.07, 6.45) is 3.27. The van der Waals surface area contributed by atoms with Crippen LogP contribution in [0.25, 0.3) is 5.69 Å². The van der Waals surface area contributed by atoms with Gasteiger partial charge in [-0.3, -0.25) is 4.90 Å². The molecule has 2 atom stereocenters. The van der Waals surface area contributed by atoms with Gasteiger partial charge in [0.15, 0.2) is 0 Å². The Labute approximate surface area is 200 Å². The third-order valence-electron chi connectivity index (χ3n) is 6.19. The molecule has 0 aliphatic carbocycles. The van der Waals surface area contributed by atoms with Gasteiger partial charge in [-0.15, -0.1) is 0 Å². The Balaban J connectivity index is 1.72. The Kier molecular flexibility index (Phi) is 8.32. The first-order valence-electron chi connectivity index (χ1n) is 12.2. The second-order valence-corrected chi connectivity index (χ2v) is 8.78. The van der Waals surface area contributed by atoms with Crippen LogP contribution in [-0.4, -0.2) is 51.7 Å². The van der Waals surface area contributed by atoms with Crippen molar-refractivity contribution in [3.63, 3.8) is 0 Å². The summed E-state index contributed by atoms with van der Waals surface area (Å²) in [5.74, 6) is 0.842. The van der Waals surface area contributed by atoms with E-state index in [2.05, 4.69) is 11.8 Å². The highest BCUT2D eigenvalue weighted by molar-refractivity contribution is 5.43. The highest BCUT2D eigenvalue weighted by Gasteiger charge is 2.26. The van der Waals surface area contributed by atoms with Crippen molar-refractivity contribution in [2.24, 2.45) is 0 Å². The fourth-order valence-corrected chi connectivity index (χ4v) is 4.31. The maximum atomic E-state index is 13.5. The molecule has 2 heterocycles. The van der Waals surface area contributed by atoms with Crippen LogP contribution >= 0.6 is 0 Å². The van der Waals surface area contributed by atoms with Gasteiger partial charge in [0.2, 0.25) is 5.88 Å². The largest absolute Gasteiger partial charge is 0.439 e. The second-order valence-electron chi connectivity index (χ2n) is 8.78. The fourth-order valence-electron chi connectivity index (χ4n) is 4.31. The molecule has 2 aromatic carbocycles. The minimum atomic E-state index is -0.419. The number of aliphatic hydroxyl groups is 1. The van der Waals surface area contributed by atoms with Crippen LogP contribution in [0.1, 0.15) is 44.4 Å². The van der Waals surface area contributed by atoms with Gasteiger partial charge in [0, 0.05) is 26.2 Å². The summed E-state index contributed by atoms with van der Waals surface area (Å²) < 4.78 is 27.6. The van der Waals surface area contributed by atoms with Gasteiger partial charge in [0.25, 0.3) is 0 Å². The first kappa shape index (κ1) is 24.4. The van der Waals surface area contributed by atoms with E-state index in [0.717, 1.165) is 49.4 Å². The van der Waals surface area contributed by atoms with Crippen molar-refractivity contribution in [1.82, 2.24) is 14.7 Å². The lowest BCUT2D eigenvalue weighted by Crippen LogP contribution is -2.37. The molecule has 182 valence electrons. The van der Waals surface area contributed by atoms with Crippen LogP contribution in [0.4, 0.5) is 4.39 Å². The Hall–Kier alpha value is -2.74. The van der Waals surface area contributed by atoms with Gasteiger partial charge in [-0.25, -0.2) is 9.07 Å². The molecular weight excluding hydrogens is 433 g/mol. The Morgan fingerprint density at radius 2 is 1.94 bits per heavy atom. The molecule has 6 nitrogen and oxygen atoms in total. The molecule has 3 aromatic rings. The molecular formula is C27H34FN3O3. The summed E-state index contributed by atoms with van der Waals surface area (Å²) in [5, 5.41) is 15.3. The highest BCUT2D eigenvalue weighted by atomic mass is 19.1. The van der Waals surface area contributed by atoms with Crippen LogP contribution in [-0.2, 0) is 17.7 Å². The van der Waals surface area contributed by atoms with Gasteiger partial charge in [-0.2, -0.15) is 5.10 Å². The summed E-state index contributed by atoms with van der Waals surface area (Å²) in [6.45, 7) is 6.72. The molecule has 1 N–H and O–H groups in total. The van der Waals surface area contributed by atoms with Gasteiger partial charge >= 0.3 is 0 Å². The van der Waals surface area contributed by atoms with E-state index >= 15 is 0 Å². The third kappa shape index (κ3) is 6.03. The minimum absolute atomic E-state index is 0.166. The second kappa shape index (κ2) is 11.6. The first-order valence-corrected chi connectivity index (χ1v) is 12.2. The SMILES string of the molecule is CCc1nn(-c2ccccc2)c(Oc2ccc(F)cc2)c1CN(C[C@H](O)CC)C[C@H]1CCCO1. The number of nitrogens with zero attached hydrogens (tertiary/aromatic N) is 3. The Morgan fingerprint density at radius 3 is 2.59 bits per heavy atom. The van der Waals surface area contributed by atoms with Gasteiger partial charge in [0.05, 0.1) is 29.2 Å². The molecule has 1 aromatic heterocycles. The molecule has 0 amide bonds. The zero-order valence-electron chi connectivity index (χ0n) is 20.0. The molecule has 0 saturated carbocycles. The van der Waals surface area contributed by atoms with Crippen molar-refractivity contribution in [2.45, 2.75) is 58.3 Å². The number of hydrogen-bond donors (Lipinski definition) is 1. The standard InChI is InChI=1S/C27H34FN3O3/c1-3-22(32)17-30(18-24-11-8-16-33-24)19-25-26(4-2)29-31(21-9-6-5-7-10-21)27(25)34-23-14-12-20(28)13-15-23/h5-7,9-10,12-15,22,24,32H,3-4,8,11,16-19H2,1-2H3/t22-,24-/m1/s1. The van der Waals surface area contributed by atoms with Crippen LogP contribution in [0.15, 0.2) is 54.6 Å². The molecule has 0 spiro atoms. The molecule has 7 heteroatoms. The molecule has 0 radical (unpaired) electrons. The average Bonchev–Trinajstić information content (AvgIpc) is 3.49. The molecule has 1 aliphatic heterocycles. The summed E-state index contributed by atoms with van der Waals surface area (Å²) in [6, 6.07) is 15.9. The predicted octanol–water partition coefficient (Wildman–Crippen LogP) is 5.12. The number of aliphatic hydroxyl groups excluding tert-OH is 1. The topological polar surface area (TPSA) is 59.8 Å². The van der Waals surface area contributed by atoms with Gasteiger partial charge < -0.3 is 14.6 Å². The van der Waals surface area contributed by atoms with Crippen molar-refractivity contribution in [2.75, 3.05) is 19.7 Å². The molecule has 1 aliphatic rings. The van der Waals surface area contributed by atoms with E-state index < -0.39 is 6.10 Å². The lowest BCUT2D eigenvalue weighted by molar-refractivity contribution is 0.0451. The van der Waals surface area contributed by atoms with Crippen molar-refractivity contribution >= 4 is 0 Å². The van der Waals surface area contributed by atoms with Crippen molar-refractivity contribution in [3.8, 4) is 17.3 Å². The van der Waals surface area contributed by atoms with E-state index in [0.29, 0.717) is 31.1 Å². The van der Waals surface area contributed by atoms with Crippen LogP contribution in [0, 0.1) is 5.82 Å². The molecule has 0 unspecified atom stereocenters. The van der Waals surface area contributed by atoms with Gasteiger partial charge in [0.1, 0.15) is 11.6 Å². The number of hydrogen-bond acceptors (Lipinski definition) is 5. The normalized spacial score (nSPS) is 16.8. The van der Waals surface area contributed by atoms with Crippen LogP contribution < -0.4 is 4.74 Å². The zero-order valence-corrected chi connectivity index (χ0v) is 20.0. The number of halogens is 1. The lowest BCUT2D eigenvalue weighted by atomic mass is 10.1. The Morgan fingerprint density at radius 1 is 1.18 bits per heavy atom. The van der Waals surface area contributed by atoms with Crippen LogP contribution in [0.2, 0.25) is 0 Å². The third-order valence-corrected chi connectivity index (χ3v) is 6.19. The van der Waals surface area contributed by atoms with Crippen molar-refractivity contribution in [3.05, 3.63) is 71.7 Å². The van der Waals surface area contributed by atoms with E-state index in [1.165, 1.54) is 12.1 Å². The zero-order chi connectivity index (χ0) is 23.9. The maximum absolute atomic E-state index is 13.5. The summed E-state index contributed by atoms with van der Waals surface area (Å²) >= 11 is 0. The molecule has 0 bridgehead atoms. The molecule has 1 saturated heterocycles. The number of aromatic nitrogens is 2. The first-order chi connectivity index (χ1) is 16.6. The van der Waals surface area contributed by atoms with E-state index in [4.69, 9.17) is 14.6 Å². The Bertz CT molecular complexity index is 1030. The summed E-state index contributed by atoms with van der Waals surface area (Å²) in [4.78, 5) is 2.24. The van der Waals surface area contributed by atoms with E-state index in [9.17, 15) is 9.50 Å². The predicted molar refractivity (Wildman–Crippen MR) is 130 cm³/mol. The fraction of sp³-hybridized carbons (Fsp3) is 0.444. The van der Waals surface area contributed by atoms with Crippen LogP contribution in [0.3, 0.4) is 0 Å². The molecule has 1 fully saturated rings. The molecule has 4 rings (SSSR count). The van der Waals surface area contributed by atoms with E-state index in [1.807, 2.05) is 41.9 Å². The highest BCUT2D eigenvalue weighted by Crippen LogP contribution is 2.32. The van der Waals surface area contributed by atoms with Crippen LogP contribution in [0.5, 0.6) is 11.6 Å². The monoisotopic (exact) mass is 467 g/mol. The number of ether oxygens (including phenoxy) is 2. The summed E-state index contributed by atoms with van der Waals surface area (Å²) in [5.41, 5.74) is 2.79. The van der Waals surface area contributed by atoms with E-state index in [1.54, 1.807) is 12.1 Å². The quantitative estimate of drug-likeness (QED) is 0.424. The number of aryl methyl sites for hydroxylation is 1. The average molecular weight is 468 g/mol. The lowest BCUT2D eigenvalue weighted by Gasteiger charge is -2.27. The van der Waals surface area contributed by atoms with Crippen molar-refractivity contribution in [1.29, 1.82) is 0 Å². The maximum Gasteiger partial charge on any atom is 0.227 e. The van der Waals surface area contributed by atoms with Crippen molar-refractivity contribution < 1.29 is 19.0 Å².